The number of hydrogen-bond acceptors (Lipinski definition) is 4. The molecule has 158 valence electrons. The molecule has 0 aliphatic rings. The predicted octanol–water partition coefficient (Wildman–Crippen LogP) is 5.34. The van der Waals surface area contributed by atoms with Crippen LogP contribution in [-0.4, -0.2) is 20.7 Å². The van der Waals surface area contributed by atoms with Gasteiger partial charge in [0.25, 0.3) is 0 Å². The quantitative estimate of drug-likeness (QED) is 0.443. The van der Waals surface area contributed by atoms with Crippen molar-refractivity contribution in [3.63, 3.8) is 0 Å². The highest BCUT2D eigenvalue weighted by Gasteiger charge is 2.19. The Morgan fingerprint density at radius 1 is 1.10 bits per heavy atom. The van der Waals surface area contributed by atoms with E-state index in [4.69, 9.17) is 4.42 Å². The van der Waals surface area contributed by atoms with E-state index in [0.717, 1.165) is 40.3 Å². The number of aromatic nitrogens is 3. The lowest BCUT2D eigenvalue weighted by Crippen LogP contribution is -2.20. The van der Waals surface area contributed by atoms with Crippen LogP contribution in [0.4, 0.5) is 5.69 Å². The van der Waals surface area contributed by atoms with Gasteiger partial charge >= 0.3 is 0 Å². The van der Waals surface area contributed by atoms with Crippen molar-refractivity contribution < 1.29 is 9.21 Å². The topological polar surface area (TPSA) is 73.0 Å². The smallest absolute Gasteiger partial charge is 0.231 e. The van der Waals surface area contributed by atoms with Crippen LogP contribution in [0, 0.1) is 13.8 Å². The number of amides is 1. The van der Waals surface area contributed by atoms with E-state index in [1.165, 1.54) is 0 Å². The van der Waals surface area contributed by atoms with Gasteiger partial charge in [-0.3, -0.25) is 9.48 Å². The van der Waals surface area contributed by atoms with E-state index in [-0.39, 0.29) is 11.8 Å². The number of hydrogen-bond donors (Lipinski definition) is 1. The van der Waals surface area contributed by atoms with Gasteiger partial charge in [-0.25, -0.2) is 4.98 Å². The van der Waals surface area contributed by atoms with Crippen LogP contribution in [0.25, 0.3) is 11.5 Å². The summed E-state index contributed by atoms with van der Waals surface area (Å²) >= 11 is 0. The number of nitrogens with zero attached hydrogens (tertiary/aromatic N) is 3. The Kier molecular flexibility index (Phi) is 5.98. The molecule has 4 aromatic rings. The lowest BCUT2D eigenvalue weighted by atomic mass is 9.95. The Hall–Kier alpha value is -3.67. The molecule has 0 aliphatic heterocycles. The van der Waals surface area contributed by atoms with E-state index in [1.54, 1.807) is 0 Å². The molecule has 0 saturated carbocycles. The zero-order chi connectivity index (χ0) is 21.8. The monoisotopic (exact) mass is 414 g/mol. The van der Waals surface area contributed by atoms with E-state index >= 15 is 0 Å². The van der Waals surface area contributed by atoms with Gasteiger partial charge in [0.1, 0.15) is 11.5 Å². The maximum atomic E-state index is 12.8. The third kappa shape index (κ3) is 4.74. The van der Waals surface area contributed by atoms with Gasteiger partial charge in [0.05, 0.1) is 18.7 Å². The highest BCUT2D eigenvalue weighted by molar-refractivity contribution is 5.96. The van der Waals surface area contributed by atoms with Crippen LogP contribution in [0.1, 0.15) is 41.8 Å². The van der Waals surface area contributed by atoms with E-state index in [0.29, 0.717) is 12.4 Å². The minimum Gasteiger partial charge on any atom is -0.441 e. The summed E-state index contributed by atoms with van der Waals surface area (Å²) in [6.45, 7) is 6.50. The Labute approximate surface area is 181 Å². The van der Waals surface area contributed by atoms with Crippen molar-refractivity contribution in [3.8, 4) is 11.5 Å². The molecular weight excluding hydrogens is 388 g/mol. The van der Waals surface area contributed by atoms with Crippen molar-refractivity contribution in [2.75, 3.05) is 5.32 Å². The van der Waals surface area contributed by atoms with Crippen molar-refractivity contribution in [1.29, 1.82) is 0 Å². The summed E-state index contributed by atoms with van der Waals surface area (Å²) in [4.78, 5) is 17.4. The number of carbonyl (C=O) groups excluding carboxylic acids is 1. The number of anilines is 1. The summed E-state index contributed by atoms with van der Waals surface area (Å²) in [7, 11) is 0. The number of rotatable bonds is 7. The first-order valence-electron chi connectivity index (χ1n) is 10.4. The van der Waals surface area contributed by atoms with E-state index in [9.17, 15) is 4.79 Å². The SMILES string of the molecule is CC[C@H](C(=O)Nc1ccc(-c2nc(Cn3cc(C)cn3)c(C)o2)cc1)c1ccccc1. The van der Waals surface area contributed by atoms with Gasteiger partial charge < -0.3 is 9.73 Å². The molecule has 2 aromatic heterocycles. The molecule has 6 heteroatoms. The number of nitrogens with one attached hydrogen (secondary N) is 1. The van der Waals surface area contributed by atoms with Crippen LogP contribution in [0.3, 0.4) is 0 Å². The number of oxazole rings is 1. The highest BCUT2D eigenvalue weighted by Crippen LogP contribution is 2.25. The summed E-state index contributed by atoms with van der Waals surface area (Å²) in [6.07, 6.45) is 4.54. The molecule has 6 nitrogen and oxygen atoms in total. The fraction of sp³-hybridized carbons (Fsp3) is 0.240. The van der Waals surface area contributed by atoms with Crippen LogP contribution in [0.2, 0.25) is 0 Å². The summed E-state index contributed by atoms with van der Waals surface area (Å²) in [5.41, 5.74) is 4.59. The predicted molar refractivity (Wildman–Crippen MR) is 121 cm³/mol. The molecule has 0 aliphatic carbocycles. The third-order valence-corrected chi connectivity index (χ3v) is 5.29. The molecule has 1 amide bonds. The average Bonchev–Trinajstić information content (AvgIpc) is 3.35. The van der Waals surface area contributed by atoms with Gasteiger partial charge in [-0.15, -0.1) is 0 Å². The number of aryl methyl sites for hydroxylation is 2. The molecule has 0 saturated heterocycles. The van der Waals surface area contributed by atoms with Crippen molar-refractivity contribution in [3.05, 3.63) is 89.6 Å². The zero-order valence-corrected chi connectivity index (χ0v) is 18.0. The lowest BCUT2D eigenvalue weighted by Gasteiger charge is -2.15. The van der Waals surface area contributed by atoms with Crippen molar-refractivity contribution in [1.82, 2.24) is 14.8 Å². The Morgan fingerprint density at radius 2 is 1.84 bits per heavy atom. The second-order valence-electron chi connectivity index (χ2n) is 7.68. The molecule has 0 fully saturated rings. The minimum atomic E-state index is -0.177. The van der Waals surface area contributed by atoms with Crippen LogP contribution in [0.15, 0.2) is 71.4 Å². The van der Waals surface area contributed by atoms with E-state index in [1.807, 2.05) is 92.4 Å². The minimum absolute atomic E-state index is 0.00906. The molecule has 2 heterocycles. The zero-order valence-electron chi connectivity index (χ0n) is 18.0. The molecule has 0 radical (unpaired) electrons. The third-order valence-electron chi connectivity index (χ3n) is 5.29. The summed E-state index contributed by atoms with van der Waals surface area (Å²) in [5.74, 6) is 1.15. The summed E-state index contributed by atoms with van der Waals surface area (Å²) in [5, 5.41) is 7.33. The second-order valence-corrected chi connectivity index (χ2v) is 7.68. The van der Waals surface area contributed by atoms with E-state index in [2.05, 4.69) is 15.4 Å². The van der Waals surface area contributed by atoms with Gasteiger partial charge in [0, 0.05) is 17.4 Å². The molecule has 1 N–H and O–H groups in total. The van der Waals surface area contributed by atoms with Gasteiger partial charge in [-0.05, 0) is 55.7 Å². The van der Waals surface area contributed by atoms with Crippen LogP contribution < -0.4 is 5.32 Å². The van der Waals surface area contributed by atoms with Gasteiger partial charge in [-0.1, -0.05) is 37.3 Å². The second kappa shape index (κ2) is 9.00. The highest BCUT2D eigenvalue weighted by atomic mass is 16.4. The van der Waals surface area contributed by atoms with Crippen molar-refractivity contribution in [2.45, 2.75) is 39.7 Å². The normalized spacial score (nSPS) is 12.0. The van der Waals surface area contributed by atoms with Gasteiger partial charge in [0.2, 0.25) is 11.8 Å². The maximum Gasteiger partial charge on any atom is 0.231 e. The Balaban J connectivity index is 1.46. The molecule has 2 aromatic carbocycles. The molecular formula is C25H26N4O2. The van der Waals surface area contributed by atoms with Crippen LogP contribution in [0.5, 0.6) is 0 Å². The Bertz CT molecular complexity index is 1160. The molecule has 1 atom stereocenters. The first kappa shape index (κ1) is 20.6. The summed E-state index contributed by atoms with van der Waals surface area (Å²) in [6, 6.07) is 17.4. The Morgan fingerprint density at radius 3 is 2.48 bits per heavy atom. The van der Waals surface area contributed by atoms with Crippen LogP contribution >= 0.6 is 0 Å². The first-order chi connectivity index (χ1) is 15.0. The number of carbonyl (C=O) groups is 1. The molecule has 31 heavy (non-hydrogen) atoms. The molecule has 4 rings (SSSR count). The standard InChI is InChI=1S/C25H26N4O2/c1-4-22(19-8-6-5-7-9-19)24(30)27-21-12-10-20(11-13-21)25-28-23(18(3)31-25)16-29-15-17(2)14-26-29/h5-15,22H,4,16H2,1-3H3,(H,27,30)/t22-/m0/s1. The van der Waals surface area contributed by atoms with Gasteiger partial charge in [0.15, 0.2) is 0 Å². The lowest BCUT2D eigenvalue weighted by molar-refractivity contribution is -0.117. The average molecular weight is 415 g/mol. The largest absolute Gasteiger partial charge is 0.441 e. The van der Waals surface area contributed by atoms with Crippen LogP contribution in [-0.2, 0) is 11.3 Å². The fourth-order valence-corrected chi connectivity index (χ4v) is 3.59. The van der Waals surface area contributed by atoms with Gasteiger partial charge in [-0.2, -0.15) is 5.10 Å². The molecule has 0 unspecified atom stereocenters. The fourth-order valence-electron chi connectivity index (χ4n) is 3.59. The molecule has 0 bridgehead atoms. The number of benzene rings is 2. The maximum absolute atomic E-state index is 12.8. The molecule has 0 spiro atoms. The van der Waals surface area contributed by atoms with E-state index < -0.39 is 0 Å². The summed E-state index contributed by atoms with van der Waals surface area (Å²) < 4.78 is 7.72. The first-order valence-corrected chi connectivity index (χ1v) is 10.4. The van der Waals surface area contributed by atoms with Crippen molar-refractivity contribution >= 4 is 11.6 Å². The van der Waals surface area contributed by atoms with Crippen molar-refractivity contribution in [2.24, 2.45) is 0 Å².